The monoisotopic (exact) mass is 336 g/mol. The van der Waals surface area contributed by atoms with Crippen LogP contribution >= 0.6 is 0 Å². The summed E-state index contributed by atoms with van der Waals surface area (Å²) >= 11 is 0. The van der Waals surface area contributed by atoms with Gasteiger partial charge >= 0.3 is 6.18 Å². The van der Waals surface area contributed by atoms with Gasteiger partial charge in [-0.05, 0) is 17.2 Å². The quantitative estimate of drug-likeness (QED) is 0.832. The summed E-state index contributed by atoms with van der Waals surface area (Å²) in [6, 6.07) is 8.20. The van der Waals surface area contributed by atoms with E-state index < -0.39 is 34.2 Å². The van der Waals surface area contributed by atoms with Gasteiger partial charge in [0.2, 0.25) is 0 Å². The summed E-state index contributed by atoms with van der Waals surface area (Å²) in [4.78, 5) is 0. The van der Waals surface area contributed by atoms with Crippen LogP contribution in [0.25, 0.3) is 5.57 Å². The highest BCUT2D eigenvalue weighted by molar-refractivity contribution is 7.87. The van der Waals surface area contributed by atoms with E-state index in [-0.39, 0.29) is 5.57 Å². The van der Waals surface area contributed by atoms with Crippen molar-refractivity contribution in [2.75, 3.05) is 0 Å². The van der Waals surface area contributed by atoms with Crippen LogP contribution in [0.1, 0.15) is 12.0 Å². The number of benzene rings is 1. The Bertz CT molecular complexity index is 726. The third-order valence-corrected chi connectivity index (χ3v) is 3.86. The van der Waals surface area contributed by atoms with Crippen LogP contribution in [-0.2, 0) is 10.2 Å². The van der Waals surface area contributed by atoms with Crippen molar-refractivity contribution in [3.05, 3.63) is 53.9 Å². The van der Waals surface area contributed by atoms with Crippen molar-refractivity contribution in [1.29, 1.82) is 0 Å². The van der Waals surface area contributed by atoms with Crippen molar-refractivity contribution >= 4 is 15.8 Å². The molecule has 0 aromatic heterocycles. The summed E-state index contributed by atoms with van der Waals surface area (Å²) in [5.74, 6) is -1.66. The van der Waals surface area contributed by atoms with Crippen molar-refractivity contribution < 1.29 is 26.0 Å². The Hall–Kier alpha value is -1.71. The van der Waals surface area contributed by atoms with Gasteiger partial charge in [-0.25, -0.2) is 9.53 Å². The largest absolute Gasteiger partial charge is 0.414 e. The summed E-state index contributed by atoms with van der Waals surface area (Å²) in [6.45, 7) is 0. The third kappa shape index (κ3) is 3.21. The van der Waals surface area contributed by atoms with Crippen molar-refractivity contribution in [1.82, 2.24) is 4.72 Å². The molecule has 0 saturated carbocycles. The predicted molar refractivity (Wildman–Crippen MR) is 73.3 cm³/mol. The minimum atomic E-state index is -5.18. The summed E-state index contributed by atoms with van der Waals surface area (Å²) in [6.07, 6.45) is -4.34. The van der Waals surface area contributed by atoms with E-state index in [0.29, 0.717) is 11.6 Å². The van der Waals surface area contributed by atoms with Gasteiger partial charge in [-0.2, -0.15) is 26.3 Å². The van der Waals surface area contributed by atoms with E-state index in [9.17, 15) is 26.0 Å². The smallest absolute Gasteiger partial charge is 0.216 e. The van der Waals surface area contributed by atoms with Crippen molar-refractivity contribution in [3.8, 4) is 0 Å². The Morgan fingerprint density at radius 2 is 1.77 bits per heavy atom. The average molecular weight is 336 g/mol. The molecule has 0 bridgehead atoms. The van der Waals surface area contributed by atoms with Crippen LogP contribution in [0.2, 0.25) is 0 Å². The number of halogens is 4. The molecule has 120 valence electrons. The molecule has 0 amide bonds. The lowest BCUT2D eigenvalue weighted by Gasteiger charge is -2.35. The molecule has 0 heterocycles. The molecular formula is C13H12F4N2O2S. The maximum Gasteiger partial charge on any atom is 0.414 e. The molecule has 1 aromatic carbocycles. The van der Waals surface area contributed by atoms with Crippen LogP contribution in [-0.4, -0.2) is 20.1 Å². The topological polar surface area (TPSA) is 72.2 Å². The number of hydrogen-bond acceptors (Lipinski definition) is 2. The molecule has 22 heavy (non-hydrogen) atoms. The Morgan fingerprint density at radius 1 is 1.18 bits per heavy atom. The summed E-state index contributed by atoms with van der Waals surface area (Å²) in [7, 11) is -4.76. The first-order chi connectivity index (χ1) is 10.1. The number of hydrogen-bond donors (Lipinski definition) is 2. The normalized spacial score (nSPS) is 23.0. The highest BCUT2D eigenvalue weighted by atomic mass is 32.2. The van der Waals surface area contributed by atoms with Gasteiger partial charge < -0.3 is 0 Å². The second-order valence-electron chi connectivity index (χ2n) is 4.77. The molecule has 1 atom stereocenters. The average Bonchev–Trinajstić information content (AvgIpc) is 2.39. The van der Waals surface area contributed by atoms with Crippen LogP contribution < -0.4 is 9.86 Å². The maximum atomic E-state index is 14.2. The predicted octanol–water partition coefficient (Wildman–Crippen LogP) is 2.42. The van der Waals surface area contributed by atoms with Gasteiger partial charge in [0.25, 0.3) is 10.2 Å². The molecule has 0 aliphatic heterocycles. The van der Waals surface area contributed by atoms with E-state index in [1.807, 2.05) is 0 Å². The van der Waals surface area contributed by atoms with E-state index in [1.54, 1.807) is 30.3 Å². The molecule has 2 rings (SSSR count). The fourth-order valence-electron chi connectivity index (χ4n) is 2.15. The van der Waals surface area contributed by atoms with Crippen LogP contribution in [0.4, 0.5) is 17.6 Å². The summed E-state index contributed by atoms with van der Waals surface area (Å²) in [5, 5.41) is 4.60. The number of allylic oxidation sites excluding steroid dienone is 2. The summed E-state index contributed by atoms with van der Waals surface area (Å²) < 4.78 is 77.0. The number of nitrogens with two attached hydrogens (primary N) is 1. The molecule has 0 fully saturated rings. The molecular weight excluding hydrogens is 324 g/mol. The van der Waals surface area contributed by atoms with Crippen LogP contribution in [0.5, 0.6) is 0 Å². The SMILES string of the molecule is NS(=O)(=O)N[C@@]1(C(F)(F)F)CC=C(c2ccccc2)C=C1F. The molecule has 0 unspecified atom stereocenters. The van der Waals surface area contributed by atoms with Gasteiger partial charge in [-0.3, -0.25) is 0 Å². The third-order valence-electron chi connectivity index (χ3n) is 3.23. The Balaban J connectivity index is 2.46. The van der Waals surface area contributed by atoms with Crippen molar-refractivity contribution in [2.24, 2.45) is 5.14 Å². The van der Waals surface area contributed by atoms with Crippen molar-refractivity contribution in [2.45, 2.75) is 18.1 Å². The Morgan fingerprint density at radius 3 is 2.23 bits per heavy atom. The lowest BCUT2D eigenvalue weighted by molar-refractivity contribution is -0.183. The minimum absolute atomic E-state index is 0.231. The maximum absolute atomic E-state index is 14.2. The zero-order chi connectivity index (χ0) is 16.6. The molecule has 9 heteroatoms. The van der Waals surface area contributed by atoms with E-state index in [0.717, 1.165) is 6.08 Å². The molecule has 1 aliphatic rings. The number of rotatable bonds is 3. The molecule has 0 radical (unpaired) electrons. The second kappa shape index (κ2) is 5.49. The lowest BCUT2D eigenvalue weighted by Crippen LogP contribution is -2.61. The highest BCUT2D eigenvalue weighted by Gasteiger charge is 2.60. The molecule has 3 N–H and O–H groups in total. The second-order valence-corrected chi connectivity index (χ2v) is 6.07. The number of nitrogens with one attached hydrogen (secondary N) is 1. The highest BCUT2D eigenvalue weighted by Crippen LogP contribution is 2.44. The Labute approximate surface area is 124 Å². The van der Waals surface area contributed by atoms with E-state index in [1.165, 1.54) is 4.72 Å². The van der Waals surface area contributed by atoms with Gasteiger partial charge in [-0.1, -0.05) is 36.4 Å². The Kier molecular flexibility index (Phi) is 4.16. The zero-order valence-corrected chi connectivity index (χ0v) is 11.9. The van der Waals surface area contributed by atoms with Crippen LogP contribution in [0.15, 0.2) is 48.3 Å². The molecule has 1 aromatic rings. The fraction of sp³-hybridized carbons (Fsp3) is 0.231. The molecule has 1 aliphatic carbocycles. The standard InChI is InChI=1S/C13H12F4N2O2S/c14-11-8-10(9-4-2-1-3-5-9)6-7-12(11,13(15,16)17)19-22(18,20)21/h1-6,8,19H,7H2,(H2,18,20,21)/t12-/m0/s1. The van der Waals surface area contributed by atoms with Gasteiger partial charge in [0.1, 0.15) is 5.83 Å². The first-order valence-electron chi connectivity index (χ1n) is 6.07. The molecule has 0 saturated heterocycles. The lowest BCUT2D eigenvalue weighted by atomic mass is 9.85. The minimum Gasteiger partial charge on any atom is -0.216 e. The van der Waals surface area contributed by atoms with Gasteiger partial charge in [0.05, 0.1) is 0 Å². The van der Waals surface area contributed by atoms with E-state index in [2.05, 4.69) is 5.14 Å². The summed E-state index contributed by atoms with van der Waals surface area (Å²) in [5.41, 5.74) is -2.63. The fourth-order valence-corrected chi connectivity index (χ4v) is 2.94. The first kappa shape index (κ1) is 16.7. The van der Waals surface area contributed by atoms with Gasteiger partial charge in [0.15, 0.2) is 5.54 Å². The van der Waals surface area contributed by atoms with Gasteiger partial charge in [0, 0.05) is 6.42 Å². The van der Waals surface area contributed by atoms with E-state index >= 15 is 0 Å². The van der Waals surface area contributed by atoms with Crippen molar-refractivity contribution in [3.63, 3.8) is 0 Å². The van der Waals surface area contributed by atoms with Gasteiger partial charge in [-0.15, -0.1) is 0 Å². The van der Waals surface area contributed by atoms with Crippen LogP contribution in [0.3, 0.4) is 0 Å². The number of alkyl halides is 3. The van der Waals surface area contributed by atoms with E-state index in [4.69, 9.17) is 0 Å². The molecule has 4 nitrogen and oxygen atoms in total. The van der Waals surface area contributed by atoms with Crippen LogP contribution in [0, 0.1) is 0 Å². The molecule has 0 spiro atoms. The zero-order valence-electron chi connectivity index (χ0n) is 11.1. The first-order valence-corrected chi connectivity index (χ1v) is 7.61.